The molecule has 0 bridgehead atoms. The number of nitrogens with zero attached hydrogens (tertiary/aromatic N) is 1. The van der Waals surface area contributed by atoms with Gasteiger partial charge in [0.15, 0.2) is 0 Å². The van der Waals surface area contributed by atoms with Gasteiger partial charge in [0.05, 0.1) is 17.4 Å². The molecule has 0 saturated carbocycles. The van der Waals surface area contributed by atoms with Crippen molar-refractivity contribution in [2.75, 3.05) is 6.61 Å². The van der Waals surface area contributed by atoms with Crippen molar-refractivity contribution in [3.8, 4) is 5.75 Å². The summed E-state index contributed by atoms with van der Waals surface area (Å²) in [5.41, 5.74) is 1.90. The summed E-state index contributed by atoms with van der Waals surface area (Å²) in [7, 11) is 0. The number of ether oxygens (including phenoxy) is 1. The molecule has 24 heavy (non-hydrogen) atoms. The second-order valence-corrected chi connectivity index (χ2v) is 6.02. The van der Waals surface area contributed by atoms with E-state index in [9.17, 15) is 9.59 Å². The van der Waals surface area contributed by atoms with E-state index in [1.807, 2.05) is 32.0 Å². The number of benzene rings is 2. The molecular weight excluding hydrogens is 330 g/mol. The van der Waals surface area contributed by atoms with E-state index in [0.29, 0.717) is 10.5 Å². The zero-order valence-electron chi connectivity index (χ0n) is 13.3. The van der Waals surface area contributed by atoms with E-state index in [2.05, 4.69) is 0 Å². The molecule has 0 radical (unpaired) electrons. The third-order valence-corrected chi connectivity index (χ3v) is 4.02. The fraction of sp³-hybridized carbons (Fsp3) is 0.222. The molecule has 5 nitrogen and oxygen atoms in total. The third-order valence-electron chi connectivity index (χ3n) is 3.79. The van der Waals surface area contributed by atoms with Crippen LogP contribution in [0, 0.1) is 13.8 Å². The van der Waals surface area contributed by atoms with E-state index in [0.717, 1.165) is 16.9 Å². The average Bonchev–Trinajstić information content (AvgIpc) is 2.54. The molecular formula is C18H16ClNO4. The van der Waals surface area contributed by atoms with E-state index in [1.54, 1.807) is 12.1 Å². The summed E-state index contributed by atoms with van der Waals surface area (Å²) in [5, 5.41) is 0.681. The average molecular weight is 346 g/mol. The zero-order chi connectivity index (χ0) is 17.3. The SMILES string of the molecule is Cc1ccc(C)c(OCCn2c(=O)oc(=O)c3cc(Cl)ccc32)c1. The van der Waals surface area contributed by atoms with Crippen molar-refractivity contribution < 1.29 is 9.15 Å². The molecule has 2 aromatic carbocycles. The molecule has 0 aliphatic carbocycles. The van der Waals surface area contributed by atoms with Gasteiger partial charge >= 0.3 is 11.4 Å². The lowest BCUT2D eigenvalue weighted by atomic mass is 10.1. The maximum atomic E-state index is 12.0. The third kappa shape index (κ3) is 3.21. The van der Waals surface area contributed by atoms with Crippen LogP contribution in [0.2, 0.25) is 5.02 Å². The van der Waals surface area contributed by atoms with Gasteiger partial charge in [-0.2, -0.15) is 0 Å². The summed E-state index contributed by atoms with van der Waals surface area (Å²) in [6.45, 7) is 4.48. The van der Waals surface area contributed by atoms with Crippen molar-refractivity contribution in [2.45, 2.75) is 20.4 Å². The normalized spacial score (nSPS) is 11.0. The van der Waals surface area contributed by atoms with Crippen LogP contribution in [0.5, 0.6) is 5.75 Å². The molecule has 0 fully saturated rings. The highest BCUT2D eigenvalue weighted by Gasteiger charge is 2.10. The van der Waals surface area contributed by atoms with E-state index in [-0.39, 0.29) is 18.5 Å². The van der Waals surface area contributed by atoms with E-state index < -0.39 is 11.4 Å². The Morgan fingerprint density at radius 3 is 2.71 bits per heavy atom. The topological polar surface area (TPSA) is 61.4 Å². The largest absolute Gasteiger partial charge is 0.491 e. The first-order chi connectivity index (χ1) is 11.5. The van der Waals surface area contributed by atoms with Gasteiger partial charge in [-0.3, -0.25) is 4.57 Å². The van der Waals surface area contributed by atoms with Gasteiger partial charge in [-0.15, -0.1) is 0 Å². The molecule has 1 aromatic heterocycles. The number of fused-ring (bicyclic) bond motifs is 1. The molecule has 124 valence electrons. The second kappa shape index (κ2) is 6.53. The van der Waals surface area contributed by atoms with Crippen molar-refractivity contribution in [3.63, 3.8) is 0 Å². The molecule has 3 rings (SSSR count). The van der Waals surface area contributed by atoms with Crippen LogP contribution in [-0.4, -0.2) is 11.2 Å². The lowest BCUT2D eigenvalue weighted by Crippen LogP contribution is -2.27. The number of aryl methyl sites for hydroxylation is 2. The number of halogens is 1. The molecule has 0 aliphatic rings. The summed E-state index contributed by atoms with van der Waals surface area (Å²) in [6, 6.07) is 10.7. The Morgan fingerprint density at radius 1 is 1.12 bits per heavy atom. The molecule has 0 aliphatic heterocycles. The Balaban J connectivity index is 1.89. The molecule has 0 unspecified atom stereocenters. The molecule has 0 spiro atoms. The summed E-state index contributed by atoms with van der Waals surface area (Å²) in [6.07, 6.45) is 0. The van der Waals surface area contributed by atoms with Crippen molar-refractivity contribution in [1.29, 1.82) is 0 Å². The number of hydrogen-bond acceptors (Lipinski definition) is 4. The molecule has 6 heteroatoms. The highest BCUT2D eigenvalue weighted by molar-refractivity contribution is 6.31. The highest BCUT2D eigenvalue weighted by atomic mass is 35.5. The maximum Gasteiger partial charge on any atom is 0.422 e. The van der Waals surface area contributed by atoms with Gasteiger partial charge in [-0.1, -0.05) is 23.7 Å². The van der Waals surface area contributed by atoms with Crippen LogP contribution >= 0.6 is 11.6 Å². The summed E-state index contributed by atoms with van der Waals surface area (Å²) < 4.78 is 11.9. The smallest absolute Gasteiger partial charge is 0.422 e. The van der Waals surface area contributed by atoms with Crippen LogP contribution in [0.4, 0.5) is 0 Å². The van der Waals surface area contributed by atoms with E-state index >= 15 is 0 Å². The minimum Gasteiger partial charge on any atom is -0.491 e. The molecule has 1 heterocycles. The van der Waals surface area contributed by atoms with Crippen LogP contribution in [-0.2, 0) is 6.54 Å². The Labute approximate surface area is 143 Å². The van der Waals surface area contributed by atoms with Crippen LogP contribution < -0.4 is 16.1 Å². The monoisotopic (exact) mass is 345 g/mol. The van der Waals surface area contributed by atoms with E-state index in [4.69, 9.17) is 20.8 Å². The van der Waals surface area contributed by atoms with Crippen LogP contribution in [0.15, 0.2) is 50.4 Å². The number of aromatic nitrogens is 1. The lowest BCUT2D eigenvalue weighted by Gasteiger charge is -2.12. The minimum atomic E-state index is -0.709. The fourth-order valence-corrected chi connectivity index (χ4v) is 2.69. The molecule has 3 aromatic rings. The molecule has 0 saturated heterocycles. The van der Waals surface area contributed by atoms with Crippen molar-refractivity contribution >= 4 is 22.5 Å². The van der Waals surface area contributed by atoms with Crippen molar-refractivity contribution in [3.05, 3.63) is 73.5 Å². The number of rotatable bonds is 4. The predicted octanol–water partition coefficient (Wildman–Crippen LogP) is 3.30. The quantitative estimate of drug-likeness (QED) is 0.728. The standard InChI is InChI=1S/C18H16ClNO4/c1-11-3-4-12(2)16(9-11)23-8-7-20-15-6-5-13(19)10-14(15)17(21)24-18(20)22/h3-6,9-10H,7-8H2,1-2H3. The van der Waals surface area contributed by atoms with Crippen molar-refractivity contribution in [2.24, 2.45) is 0 Å². The maximum absolute atomic E-state index is 12.0. The Bertz CT molecular complexity index is 1020. The van der Waals surface area contributed by atoms with Gasteiger partial charge in [0.25, 0.3) is 0 Å². The molecule has 0 N–H and O–H groups in total. The molecule has 0 atom stereocenters. The molecule has 0 amide bonds. The fourth-order valence-electron chi connectivity index (χ4n) is 2.52. The summed E-state index contributed by atoms with van der Waals surface area (Å²) in [4.78, 5) is 23.8. The number of hydrogen-bond donors (Lipinski definition) is 0. The summed E-state index contributed by atoms with van der Waals surface area (Å²) in [5.74, 6) is 0.0622. The lowest BCUT2D eigenvalue weighted by molar-refractivity contribution is 0.285. The minimum absolute atomic E-state index is 0.258. The highest BCUT2D eigenvalue weighted by Crippen LogP contribution is 2.19. The Hall–Kier alpha value is -2.53. The van der Waals surface area contributed by atoms with Crippen LogP contribution in [0.3, 0.4) is 0 Å². The van der Waals surface area contributed by atoms with Crippen molar-refractivity contribution in [1.82, 2.24) is 4.57 Å². The first-order valence-electron chi connectivity index (χ1n) is 7.49. The van der Waals surface area contributed by atoms with Gasteiger partial charge in [0, 0.05) is 5.02 Å². The predicted molar refractivity (Wildman–Crippen MR) is 93.2 cm³/mol. The first-order valence-corrected chi connectivity index (χ1v) is 7.87. The first kappa shape index (κ1) is 16.3. The second-order valence-electron chi connectivity index (χ2n) is 5.59. The van der Waals surface area contributed by atoms with Gasteiger partial charge in [-0.05, 0) is 49.2 Å². The van der Waals surface area contributed by atoms with Gasteiger partial charge in [-0.25, -0.2) is 9.59 Å². The zero-order valence-corrected chi connectivity index (χ0v) is 14.1. The van der Waals surface area contributed by atoms with E-state index in [1.165, 1.54) is 10.6 Å². The van der Waals surface area contributed by atoms with Gasteiger partial charge < -0.3 is 9.15 Å². The Morgan fingerprint density at radius 2 is 1.92 bits per heavy atom. The van der Waals surface area contributed by atoms with Gasteiger partial charge in [0.1, 0.15) is 12.4 Å². The summed E-state index contributed by atoms with van der Waals surface area (Å²) >= 11 is 5.91. The van der Waals surface area contributed by atoms with Gasteiger partial charge in [0.2, 0.25) is 0 Å². The van der Waals surface area contributed by atoms with Crippen LogP contribution in [0.1, 0.15) is 11.1 Å². The van der Waals surface area contributed by atoms with Crippen LogP contribution in [0.25, 0.3) is 10.9 Å². The Kier molecular flexibility index (Phi) is 4.44.